The Labute approximate surface area is 106 Å². The van der Waals surface area contributed by atoms with Crippen LogP contribution in [0.3, 0.4) is 0 Å². The highest BCUT2D eigenvalue weighted by Crippen LogP contribution is 2.37. The lowest BCUT2D eigenvalue weighted by atomic mass is 10.2. The van der Waals surface area contributed by atoms with Gasteiger partial charge in [-0.15, -0.1) is 0 Å². The Bertz CT molecular complexity index is 400. The maximum atomic E-state index is 5.90. The first-order valence-corrected chi connectivity index (χ1v) is 6.46. The Morgan fingerprint density at radius 1 is 1.33 bits per heavy atom. The van der Waals surface area contributed by atoms with Crippen LogP contribution in [0.1, 0.15) is 18.4 Å². The van der Waals surface area contributed by atoms with E-state index in [1.807, 2.05) is 19.1 Å². The normalized spacial score (nSPS) is 16.9. The SMILES string of the molecule is Cc1cc(Br)c(N=C(N)C2CC2)c(Br)c1. The molecule has 0 saturated heterocycles. The van der Waals surface area contributed by atoms with Crippen molar-refractivity contribution in [2.45, 2.75) is 19.8 Å². The average molecular weight is 332 g/mol. The number of nitrogens with two attached hydrogens (primary N) is 1. The van der Waals surface area contributed by atoms with Crippen LogP contribution in [0.2, 0.25) is 0 Å². The first kappa shape index (κ1) is 11.1. The van der Waals surface area contributed by atoms with Crippen LogP contribution < -0.4 is 5.73 Å². The van der Waals surface area contributed by atoms with Crippen molar-refractivity contribution < 1.29 is 0 Å². The van der Waals surface area contributed by atoms with Gasteiger partial charge in [0.1, 0.15) is 5.84 Å². The molecule has 0 aromatic heterocycles. The van der Waals surface area contributed by atoms with Crippen LogP contribution in [0.4, 0.5) is 5.69 Å². The van der Waals surface area contributed by atoms with Crippen LogP contribution in [-0.2, 0) is 0 Å². The maximum Gasteiger partial charge on any atom is 0.103 e. The number of aryl methyl sites for hydroxylation is 1. The molecule has 0 unspecified atom stereocenters. The van der Waals surface area contributed by atoms with E-state index in [4.69, 9.17) is 5.73 Å². The van der Waals surface area contributed by atoms with Crippen molar-refractivity contribution in [3.63, 3.8) is 0 Å². The number of halogens is 2. The van der Waals surface area contributed by atoms with E-state index in [0.717, 1.165) is 20.5 Å². The van der Waals surface area contributed by atoms with Gasteiger partial charge in [-0.2, -0.15) is 0 Å². The lowest BCUT2D eigenvalue weighted by Gasteiger charge is -2.05. The number of amidine groups is 1. The number of benzene rings is 1. The van der Waals surface area contributed by atoms with Gasteiger partial charge in [0.2, 0.25) is 0 Å². The third-order valence-electron chi connectivity index (χ3n) is 2.40. The van der Waals surface area contributed by atoms with Crippen molar-refractivity contribution in [1.29, 1.82) is 0 Å². The largest absolute Gasteiger partial charge is 0.387 e. The zero-order chi connectivity index (χ0) is 11.0. The van der Waals surface area contributed by atoms with Gasteiger partial charge in [-0.1, -0.05) is 0 Å². The second kappa shape index (κ2) is 4.26. The van der Waals surface area contributed by atoms with Crippen LogP contribution in [-0.4, -0.2) is 5.84 Å². The van der Waals surface area contributed by atoms with Gasteiger partial charge in [0.25, 0.3) is 0 Å². The van der Waals surface area contributed by atoms with Gasteiger partial charge in [0.05, 0.1) is 5.69 Å². The molecule has 0 radical (unpaired) electrons. The standard InChI is InChI=1S/C11H12Br2N2/c1-6-4-8(12)10(9(13)5-6)15-11(14)7-2-3-7/h4-5,7H,2-3H2,1H3,(H2,14,15). The molecule has 1 fully saturated rings. The molecular weight excluding hydrogens is 320 g/mol. The van der Waals surface area contributed by atoms with E-state index in [2.05, 4.69) is 36.9 Å². The van der Waals surface area contributed by atoms with E-state index in [1.54, 1.807) is 0 Å². The minimum absolute atomic E-state index is 0.505. The second-order valence-corrected chi connectivity index (χ2v) is 5.60. The van der Waals surface area contributed by atoms with Gasteiger partial charge in [-0.05, 0) is 69.3 Å². The molecule has 1 saturated carbocycles. The van der Waals surface area contributed by atoms with Crippen molar-refractivity contribution in [2.75, 3.05) is 0 Å². The molecule has 2 N–H and O–H groups in total. The smallest absolute Gasteiger partial charge is 0.103 e. The predicted octanol–water partition coefficient (Wildman–Crippen LogP) is 3.92. The Hall–Kier alpha value is -0.350. The lowest BCUT2D eigenvalue weighted by molar-refractivity contribution is 1.15. The second-order valence-electron chi connectivity index (χ2n) is 3.89. The molecule has 0 aliphatic heterocycles. The molecule has 80 valence electrons. The van der Waals surface area contributed by atoms with E-state index in [0.29, 0.717) is 5.92 Å². The molecule has 2 nitrogen and oxygen atoms in total. The first-order valence-electron chi connectivity index (χ1n) is 4.87. The molecule has 2 rings (SSSR count). The summed E-state index contributed by atoms with van der Waals surface area (Å²) in [7, 11) is 0. The van der Waals surface area contributed by atoms with Crippen molar-refractivity contribution in [2.24, 2.45) is 16.6 Å². The van der Waals surface area contributed by atoms with E-state index in [9.17, 15) is 0 Å². The molecule has 0 spiro atoms. The average Bonchev–Trinajstić information content (AvgIpc) is 2.93. The van der Waals surface area contributed by atoms with E-state index < -0.39 is 0 Å². The molecule has 4 heteroatoms. The molecule has 0 amide bonds. The van der Waals surface area contributed by atoms with E-state index >= 15 is 0 Å². The molecule has 0 atom stereocenters. The summed E-state index contributed by atoms with van der Waals surface area (Å²) in [4.78, 5) is 4.46. The van der Waals surface area contributed by atoms with Crippen molar-refractivity contribution in [3.05, 3.63) is 26.6 Å². The number of hydrogen-bond donors (Lipinski definition) is 1. The zero-order valence-electron chi connectivity index (χ0n) is 8.43. The Balaban J connectivity index is 2.39. The Morgan fingerprint density at radius 3 is 2.33 bits per heavy atom. The summed E-state index contributed by atoms with van der Waals surface area (Å²) < 4.78 is 1.97. The number of hydrogen-bond acceptors (Lipinski definition) is 1. The molecule has 1 aromatic rings. The fourth-order valence-corrected chi connectivity index (χ4v) is 2.99. The van der Waals surface area contributed by atoms with Crippen LogP contribution in [0.15, 0.2) is 26.1 Å². The maximum absolute atomic E-state index is 5.90. The van der Waals surface area contributed by atoms with Crippen molar-refractivity contribution in [1.82, 2.24) is 0 Å². The highest BCUT2D eigenvalue weighted by Gasteiger charge is 2.25. The van der Waals surface area contributed by atoms with Gasteiger partial charge < -0.3 is 5.73 Å². The zero-order valence-corrected chi connectivity index (χ0v) is 11.6. The summed E-state index contributed by atoms with van der Waals surface area (Å²) in [6.07, 6.45) is 2.35. The molecular formula is C11H12Br2N2. The van der Waals surface area contributed by atoms with Gasteiger partial charge in [0.15, 0.2) is 0 Å². The molecule has 1 aliphatic rings. The van der Waals surface area contributed by atoms with Crippen LogP contribution in [0, 0.1) is 12.8 Å². The monoisotopic (exact) mass is 330 g/mol. The van der Waals surface area contributed by atoms with Crippen LogP contribution >= 0.6 is 31.9 Å². The Morgan fingerprint density at radius 2 is 1.87 bits per heavy atom. The molecule has 0 heterocycles. The van der Waals surface area contributed by atoms with Gasteiger partial charge in [0, 0.05) is 14.9 Å². The van der Waals surface area contributed by atoms with Crippen LogP contribution in [0.25, 0.3) is 0 Å². The van der Waals surface area contributed by atoms with E-state index in [1.165, 1.54) is 18.4 Å². The number of rotatable bonds is 2. The molecule has 15 heavy (non-hydrogen) atoms. The predicted molar refractivity (Wildman–Crippen MR) is 70.6 cm³/mol. The summed E-state index contributed by atoms with van der Waals surface area (Å²) in [5, 5.41) is 0. The molecule has 0 bridgehead atoms. The summed E-state index contributed by atoms with van der Waals surface area (Å²) in [5.74, 6) is 1.25. The Kier molecular flexibility index (Phi) is 3.16. The highest BCUT2D eigenvalue weighted by molar-refractivity contribution is 9.11. The van der Waals surface area contributed by atoms with E-state index in [-0.39, 0.29) is 0 Å². The fourth-order valence-electron chi connectivity index (χ4n) is 1.40. The third kappa shape index (κ3) is 2.61. The fraction of sp³-hybridized carbons (Fsp3) is 0.364. The third-order valence-corrected chi connectivity index (χ3v) is 3.61. The quantitative estimate of drug-likeness (QED) is 0.647. The minimum Gasteiger partial charge on any atom is -0.387 e. The van der Waals surface area contributed by atoms with Gasteiger partial charge >= 0.3 is 0 Å². The number of nitrogens with zero attached hydrogens (tertiary/aromatic N) is 1. The first-order chi connectivity index (χ1) is 7.08. The summed E-state index contributed by atoms with van der Waals surface area (Å²) in [6.45, 7) is 2.05. The number of aliphatic imine (C=N–C) groups is 1. The van der Waals surface area contributed by atoms with Crippen molar-refractivity contribution >= 4 is 43.4 Å². The summed E-state index contributed by atoms with van der Waals surface area (Å²) in [5.41, 5.74) is 7.98. The lowest BCUT2D eigenvalue weighted by Crippen LogP contribution is -2.13. The molecule has 1 aliphatic carbocycles. The van der Waals surface area contributed by atoms with Crippen LogP contribution in [0.5, 0.6) is 0 Å². The topological polar surface area (TPSA) is 38.4 Å². The highest BCUT2D eigenvalue weighted by atomic mass is 79.9. The summed E-state index contributed by atoms with van der Waals surface area (Å²) >= 11 is 7.01. The van der Waals surface area contributed by atoms with Crippen molar-refractivity contribution in [3.8, 4) is 0 Å². The minimum atomic E-state index is 0.505. The van der Waals surface area contributed by atoms with Gasteiger partial charge in [-0.3, -0.25) is 0 Å². The van der Waals surface area contributed by atoms with Gasteiger partial charge in [-0.25, -0.2) is 4.99 Å². The molecule has 1 aromatic carbocycles. The summed E-state index contributed by atoms with van der Waals surface area (Å²) in [6, 6.07) is 4.09.